The van der Waals surface area contributed by atoms with E-state index in [4.69, 9.17) is 34.8 Å². The molecule has 0 spiro atoms. The Labute approximate surface area is 114 Å². The fraction of sp³-hybridized carbons (Fsp3) is 0.429. The monoisotopic (exact) mass is 319 g/mol. The van der Waals surface area contributed by atoms with Crippen LogP contribution in [0.4, 0.5) is 5.82 Å². The van der Waals surface area contributed by atoms with E-state index in [1.54, 1.807) is 0 Å². The lowest BCUT2D eigenvalue weighted by Gasteiger charge is -2.23. The first-order valence-corrected chi connectivity index (χ1v) is 6.85. The second-order valence-electron chi connectivity index (χ2n) is 3.91. The molecule has 1 aromatic rings. The number of hydrogen-bond acceptors (Lipinski definition) is 4. The van der Waals surface area contributed by atoms with Crippen molar-refractivity contribution in [2.24, 2.45) is 0 Å². The van der Waals surface area contributed by atoms with Crippen molar-refractivity contribution in [3.05, 3.63) is 15.5 Å². The first-order valence-electron chi connectivity index (χ1n) is 4.27. The van der Waals surface area contributed by atoms with E-state index in [2.05, 4.69) is 14.7 Å². The molecule has 0 aliphatic carbocycles. The average Bonchev–Trinajstić information content (AvgIpc) is 2.11. The van der Waals surface area contributed by atoms with Crippen molar-refractivity contribution < 1.29 is 12.3 Å². The third kappa shape index (κ3) is 3.32. The van der Waals surface area contributed by atoms with Gasteiger partial charge in [0.2, 0.25) is 5.28 Å². The fourth-order valence-electron chi connectivity index (χ4n) is 0.721. The number of aromatic nitrogens is 2. The molecule has 0 unspecified atom stereocenters. The Kier molecular flexibility index (Phi) is 4.10. The Hall–Kier alpha value is -0.340. The zero-order valence-electron chi connectivity index (χ0n) is 9.20. The summed E-state index contributed by atoms with van der Waals surface area (Å²) in [6.45, 7) is 0. The van der Waals surface area contributed by atoms with Crippen molar-refractivity contribution in [2.45, 2.75) is 0 Å². The molecule has 0 atom stereocenters. The number of rotatable bonds is 3. The minimum absolute atomic E-state index is 0.104. The van der Waals surface area contributed by atoms with Crippen molar-refractivity contribution >= 4 is 50.8 Å². The molecule has 0 aliphatic rings. The normalized spacial score (nSPS) is 12.6. The van der Waals surface area contributed by atoms with Crippen LogP contribution in [0.15, 0.2) is 0 Å². The molecule has 10 heteroatoms. The van der Waals surface area contributed by atoms with Gasteiger partial charge in [-0.15, -0.1) is 0 Å². The van der Waals surface area contributed by atoms with E-state index in [1.165, 1.54) is 21.1 Å². The van der Waals surface area contributed by atoms with Gasteiger partial charge in [-0.1, -0.05) is 23.2 Å². The van der Waals surface area contributed by atoms with Crippen LogP contribution < -0.4 is 4.72 Å². The van der Waals surface area contributed by atoms with Gasteiger partial charge >= 0.3 is 10.2 Å². The molecule has 0 bridgehead atoms. The summed E-state index contributed by atoms with van der Waals surface area (Å²) in [7, 11) is 0.707. The smallest absolute Gasteiger partial charge is 0.220 e. The molecule has 0 fully saturated rings. The molecule has 1 heterocycles. The van der Waals surface area contributed by atoms with Crippen LogP contribution >= 0.6 is 34.8 Å². The third-order valence-electron chi connectivity index (χ3n) is 1.73. The Morgan fingerprint density at radius 1 is 1.12 bits per heavy atom. The number of hydrogen-bond donors (Lipinski definition) is 1. The summed E-state index contributed by atoms with van der Waals surface area (Å²) in [6.07, 6.45) is 0. The summed E-state index contributed by atoms with van der Waals surface area (Å²) in [5.74, 6) is -0.148. The molecule has 17 heavy (non-hydrogen) atoms. The lowest BCUT2D eigenvalue weighted by atomic mass is 10.6. The van der Waals surface area contributed by atoms with Gasteiger partial charge in [0, 0.05) is 0 Å². The van der Waals surface area contributed by atoms with Crippen LogP contribution in [0.25, 0.3) is 0 Å². The molecule has 0 aliphatic heterocycles. The second kappa shape index (κ2) is 4.74. The SMILES string of the molecule is C[N+](C)(C)S(=O)(=O)Nc1nc(Cl)nc(Cl)c1Cl. The maximum atomic E-state index is 11.9. The van der Waals surface area contributed by atoms with Crippen LogP contribution in [0.2, 0.25) is 15.5 Å². The van der Waals surface area contributed by atoms with E-state index in [0.29, 0.717) is 0 Å². The maximum absolute atomic E-state index is 11.9. The molecule has 96 valence electrons. The topological polar surface area (TPSA) is 72.0 Å². The van der Waals surface area contributed by atoms with Crippen LogP contribution in [0.1, 0.15) is 0 Å². The Balaban J connectivity index is 3.22. The van der Waals surface area contributed by atoms with Crippen molar-refractivity contribution in [3.8, 4) is 0 Å². The summed E-state index contributed by atoms with van der Waals surface area (Å²) in [5, 5.41) is -0.419. The largest absolute Gasteiger partial charge is 0.394 e. The van der Waals surface area contributed by atoms with Gasteiger partial charge in [0.15, 0.2) is 11.0 Å². The van der Waals surface area contributed by atoms with Crippen LogP contribution in [0, 0.1) is 0 Å². The first kappa shape index (κ1) is 14.7. The number of anilines is 1. The molecule has 0 radical (unpaired) electrons. The van der Waals surface area contributed by atoms with Gasteiger partial charge in [0.1, 0.15) is 5.02 Å². The molecule has 0 saturated carbocycles. The summed E-state index contributed by atoms with van der Waals surface area (Å²) < 4.78 is 25.5. The number of nitrogens with one attached hydrogen (secondary N) is 1. The van der Waals surface area contributed by atoms with E-state index in [9.17, 15) is 8.42 Å². The van der Waals surface area contributed by atoms with Crippen molar-refractivity contribution in [1.29, 1.82) is 0 Å². The van der Waals surface area contributed by atoms with Crippen molar-refractivity contribution in [1.82, 2.24) is 9.97 Å². The van der Waals surface area contributed by atoms with Crippen molar-refractivity contribution in [3.63, 3.8) is 0 Å². The van der Waals surface area contributed by atoms with Crippen LogP contribution in [-0.2, 0) is 10.2 Å². The molecular formula is C7H10Cl3N4O2S+. The first-order chi connectivity index (χ1) is 7.54. The van der Waals surface area contributed by atoms with Gasteiger partial charge in [-0.05, 0) is 11.6 Å². The number of halogens is 3. The standard InChI is InChI=1S/C7H10Cl3N4O2S/c1-14(2,3)17(15,16)13-6-4(8)5(9)11-7(10)12-6/h1-3H3,(H,11,12,13)/q+1. The lowest BCUT2D eigenvalue weighted by molar-refractivity contribution is -0.738. The van der Waals surface area contributed by atoms with Gasteiger partial charge in [-0.3, -0.25) is 0 Å². The Bertz CT molecular complexity index is 541. The Morgan fingerprint density at radius 2 is 1.65 bits per heavy atom. The quantitative estimate of drug-likeness (QED) is 0.524. The lowest BCUT2D eigenvalue weighted by Crippen LogP contribution is -2.45. The highest BCUT2D eigenvalue weighted by atomic mass is 35.5. The second-order valence-corrected chi connectivity index (χ2v) is 7.24. The molecule has 0 saturated heterocycles. The van der Waals surface area contributed by atoms with Crippen LogP contribution in [-0.4, -0.2) is 43.4 Å². The molecule has 1 rings (SSSR count). The molecule has 6 nitrogen and oxygen atoms in total. The van der Waals surface area contributed by atoms with Gasteiger partial charge in [-0.2, -0.15) is 13.4 Å². The minimum atomic E-state index is -3.71. The van der Waals surface area contributed by atoms with Gasteiger partial charge in [0.05, 0.1) is 21.1 Å². The zero-order valence-corrected chi connectivity index (χ0v) is 12.3. The molecule has 0 aromatic carbocycles. The van der Waals surface area contributed by atoms with Gasteiger partial charge in [-0.25, -0.2) is 13.6 Å². The number of quaternary nitrogens is 1. The van der Waals surface area contributed by atoms with Crippen LogP contribution in [0.3, 0.4) is 0 Å². The number of nitrogens with zero attached hydrogens (tertiary/aromatic N) is 3. The molecular weight excluding hydrogens is 311 g/mol. The summed E-state index contributed by atoms with van der Waals surface area (Å²) in [6, 6.07) is 0. The summed E-state index contributed by atoms with van der Waals surface area (Å²) in [4.78, 5) is 7.24. The maximum Gasteiger partial charge on any atom is 0.394 e. The van der Waals surface area contributed by atoms with E-state index in [-0.39, 0.29) is 25.2 Å². The van der Waals surface area contributed by atoms with E-state index < -0.39 is 10.2 Å². The molecule has 0 amide bonds. The van der Waals surface area contributed by atoms with E-state index in [1.807, 2.05) is 0 Å². The molecule has 1 aromatic heterocycles. The predicted octanol–water partition coefficient (Wildman–Crippen LogP) is 1.80. The average molecular weight is 321 g/mol. The van der Waals surface area contributed by atoms with Crippen LogP contribution in [0.5, 0.6) is 0 Å². The summed E-state index contributed by atoms with van der Waals surface area (Å²) in [5.41, 5.74) is 0. The van der Waals surface area contributed by atoms with Gasteiger partial charge in [0.25, 0.3) is 0 Å². The Morgan fingerprint density at radius 3 is 2.12 bits per heavy atom. The highest BCUT2D eigenvalue weighted by molar-refractivity contribution is 7.87. The van der Waals surface area contributed by atoms with Crippen molar-refractivity contribution in [2.75, 3.05) is 25.9 Å². The zero-order chi connectivity index (χ0) is 13.4. The molecule has 1 N–H and O–H groups in total. The third-order valence-corrected chi connectivity index (χ3v) is 4.52. The highest BCUT2D eigenvalue weighted by Gasteiger charge is 2.29. The van der Waals surface area contributed by atoms with E-state index >= 15 is 0 Å². The van der Waals surface area contributed by atoms with E-state index in [0.717, 1.165) is 0 Å². The minimum Gasteiger partial charge on any atom is -0.220 e. The van der Waals surface area contributed by atoms with Gasteiger partial charge < -0.3 is 0 Å². The fourth-order valence-corrected chi connectivity index (χ4v) is 1.96. The summed E-state index contributed by atoms with van der Waals surface area (Å²) >= 11 is 17.0. The predicted molar refractivity (Wildman–Crippen MR) is 67.6 cm³/mol. The highest BCUT2D eigenvalue weighted by Crippen LogP contribution is 2.29.